The van der Waals surface area contributed by atoms with Crippen LogP contribution in [-0.2, 0) is 0 Å². The molecule has 1 aromatic carbocycles. The normalized spacial score (nSPS) is 22.4. The van der Waals surface area contributed by atoms with Crippen LogP contribution in [0.5, 0.6) is 0 Å². The van der Waals surface area contributed by atoms with Crippen molar-refractivity contribution in [3.05, 3.63) is 24.3 Å². The van der Waals surface area contributed by atoms with Crippen LogP contribution in [0.2, 0.25) is 0 Å². The second-order valence-electron chi connectivity index (χ2n) is 5.86. The third-order valence-corrected chi connectivity index (χ3v) is 4.33. The Morgan fingerprint density at radius 3 is 2.17 bits per heavy atom. The average molecular weight is 241 g/mol. The summed E-state index contributed by atoms with van der Waals surface area (Å²) in [4.78, 5) is 4.77. The molecule has 2 aliphatic rings. The van der Waals surface area contributed by atoms with E-state index in [9.17, 15) is 0 Å². The first-order chi connectivity index (χ1) is 8.78. The molecule has 1 aromatic rings. The van der Waals surface area contributed by atoms with Crippen LogP contribution in [0.4, 0.5) is 11.4 Å². The van der Waals surface area contributed by atoms with Gasteiger partial charge in [0.25, 0.3) is 0 Å². The van der Waals surface area contributed by atoms with E-state index in [1.165, 1.54) is 44.9 Å². The van der Waals surface area contributed by atoms with Gasteiger partial charge >= 0.3 is 0 Å². The highest BCUT2D eigenvalue weighted by Gasteiger charge is 2.34. The molecule has 2 nitrogen and oxygen atoms in total. The maximum absolute atomic E-state index is 4.77. The van der Waals surface area contributed by atoms with E-state index >= 15 is 0 Å². The molecule has 1 heterocycles. The summed E-state index contributed by atoms with van der Waals surface area (Å²) in [6, 6.07) is 8.22. The Bertz CT molecular complexity index is 454. The van der Waals surface area contributed by atoms with E-state index in [1.807, 2.05) is 12.1 Å². The van der Waals surface area contributed by atoms with Gasteiger partial charge in [0.15, 0.2) is 0 Å². The van der Waals surface area contributed by atoms with Crippen LogP contribution in [0.1, 0.15) is 51.9 Å². The number of benzene rings is 1. The van der Waals surface area contributed by atoms with Crippen LogP contribution in [0.25, 0.3) is 0 Å². The van der Waals surface area contributed by atoms with Crippen molar-refractivity contribution in [3.8, 4) is 0 Å². The summed E-state index contributed by atoms with van der Waals surface area (Å²) in [5.74, 6) is 1.07. The lowest BCUT2D eigenvalue weighted by Crippen LogP contribution is -2.32. The smallest absolute Gasteiger partial charge is 0.135 e. The van der Waals surface area contributed by atoms with Crippen molar-refractivity contribution in [2.45, 2.75) is 51.9 Å². The molecule has 0 bridgehead atoms. The first kappa shape index (κ1) is 11.8. The van der Waals surface area contributed by atoms with E-state index < -0.39 is 0 Å². The molecule has 1 radical (unpaired) electrons. The Labute approximate surface area is 110 Å². The molecule has 1 aliphatic heterocycles. The minimum absolute atomic E-state index is 0.194. The Balaban J connectivity index is 1.82. The molecular weight excluding hydrogens is 220 g/mol. The molecule has 0 spiro atoms. The van der Waals surface area contributed by atoms with Gasteiger partial charge in [0.05, 0.1) is 11.4 Å². The fourth-order valence-corrected chi connectivity index (χ4v) is 3.09. The molecule has 0 amide bonds. The molecule has 1 fully saturated rings. The summed E-state index contributed by atoms with van der Waals surface area (Å²) in [5, 5.41) is 4.77. The number of hydrogen-bond donors (Lipinski definition) is 0. The van der Waals surface area contributed by atoms with Crippen molar-refractivity contribution in [1.29, 1.82) is 0 Å². The molecule has 18 heavy (non-hydrogen) atoms. The summed E-state index contributed by atoms with van der Waals surface area (Å²) in [6.45, 7) is 2.35. The predicted octanol–water partition coefficient (Wildman–Crippen LogP) is 4.72. The fraction of sp³-hybridized carbons (Fsp3) is 0.562. The van der Waals surface area contributed by atoms with Gasteiger partial charge in [0.1, 0.15) is 5.84 Å². The third-order valence-electron chi connectivity index (χ3n) is 4.33. The standard InChI is InChI=1S/C16H21N2/c1-16(11-7-3-2-4-8-12-16)15-17-13-9-5-6-10-14(13)18-15/h5-6,9-10H,2-4,7-8,11-12H2,1H3. The largest absolute Gasteiger partial charge is 0.231 e. The van der Waals surface area contributed by atoms with E-state index in [0.717, 1.165) is 17.2 Å². The van der Waals surface area contributed by atoms with Gasteiger partial charge in [0, 0.05) is 5.41 Å². The summed E-state index contributed by atoms with van der Waals surface area (Å²) in [5.41, 5.74) is 2.30. The highest BCUT2D eigenvalue weighted by atomic mass is 15.1. The van der Waals surface area contributed by atoms with E-state index in [4.69, 9.17) is 10.3 Å². The van der Waals surface area contributed by atoms with Crippen molar-refractivity contribution >= 4 is 17.2 Å². The number of hydrogen-bond acceptors (Lipinski definition) is 1. The molecule has 95 valence electrons. The van der Waals surface area contributed by atoms with Gasteiger partial charge in [-0.2, -0.15) is 0 Å². The SMILES string of the molecule is CC1(C2=Nc3ccccc3[N]2)CCCCCCC1. The Morgan fingerprint density at radius 2 is 1.50 bits per heavy atom. The molecule has 0 unspecified atom stereocenters. The highest BCUT2D eigenvalue weighted by molar-refractivity contribution is 5.99. The van der Waals surface area contributed by atoms with Gasteiger partial charge in [-0.3, -0.25) is 0 Å². The lowest BCUT2D eigenvalue weighted by molar-refractivity contribution is 0.329. The van der Waals surface area contributed by atoms with Gasteiger partial charge in [-0.25, -0.2) is 10.3 Å². The molecule has 0 atom stereocenters. The highest BCUT2D eigenvalue weighted by Crippen LogP contribution is 2.41. The fourth-order valence-electron chi connectivity index (χ4n) is 3.09. The van der Waals surface area contributed by atoms with Gasteiger partial charge in [-0.1, -0.05) is 51.2 Å². The number of amidine groups is 1. The van der Waals surface area contributed by atoms with Crippen molar-refractivity contribution in [1.82, 2.24) is 5.32 Å². The number of nitrogens with zero attached hydrogens (tertiary/aromatic N) is 2. The summed E-state index contributed by atoms with van der Waals surface area (Å²) in [7, 11) is 0. The maximum Gasteiger partial charge on any atom is 0.135 e. The van der Waals surface area contributed by atoms with E-state index in [0.29, 0.717) is 0 Å². The van der Waals surface area contributed by atoms with Crippen LogP contribution in [0.15, 0.2) is 29.3 Å². The van der Waals surface area contributed by atoms with Gasteiger partial charge < -0.3 is 0 Å². The second-order valence-corrected chi connectivity index (χ2v) is 5.86. The van der Waals surface area contributed by atoms with E-state index in [1.54, 1.807) is 0 Å². The monoisotopic (exact) mass is 241 g/mol. The van der Waals surface area contributed by atoms with Gasteiger partial charge in [0.2, 0.25) is 0 Å². The molecule has 0 saturated heterocycles. The molecule has 3 rings (SSSR count). The Hall–Kier alpha value is -1.31. The lowest BCUT2D eigenvalue weighted by atomic mass is 9.77. The van der Waals surface area contributed by atoms with Crippen molar-refractivity contribution in [3.63, 3.8) is 0 Å². The van der Waals surface area contributed by atoms with Crippen LogP contribution in [-0.4, -0.2) is 5.84 Å². The number of aliphatic imine (C=N–C) groups is 1. The van der Waals surface area contributed by atoms with Crippen LogP contribution >= 0.6 is 0 Å². The topological polar surface area (TPSA) is 26.5 Å². The van der Waals surface area contributed by atoms with Crippen molar-refractivity contribution in [2.24, 2.45) is 10.4 Å². The van der Waals surface area contributed by atoms with Crippen LogP contribution in [0.3, 0.4) is 0 Å². The zero-order chi connectivity index (χ0) is 12.4. The molecule has 0 N–H and O–H groups in total. The van der Waals surface area contributed by atoms with Gasteiger partial charge in [-0.15, -0.1) is 0 Å². The molecule has 2 heteroatoms. The lowest BCUT2D eigenvalue weighted by Gasteiger charge is -2.30. The number of rotatable bonds is 1. The molecule has 1 aliphatic carbocycles. The van der Waals surface area contributed by atoms with Crippen molar-refractivity contribution < 1.29 is 0 Å². The first-order valence-electron chi connectivity index (χ1n) is 7.18. The van der Waals surface area contributed by atoms with Gasteiger partial charge in [-0.05, 0) is 25.0 Å². The zero-order valence-electron chi connectivity index (χ0n) is 11.2. The predicted molar refractivity (Wildman–Crippen MR) is 75.8 cm³/mol. The van der Waals surface area contributed by atoms with E-state index in [2.05, 4.69) is 19.1 Å². The minimum atomic E-state index is 0.194. The Morgan fingerprint density at radius 1 is 0.889 bits per heavy atom. The third kappa shape index (κ3) is 2.16. The first-order valence-corrected chi connectivity index (χ1v) is 7.18. The number of para-hydroxylation sites is 2. The molecule has 1 saturated carbocycles. The van der Waals surface area contributed by atoms with E-state index in [-0.39, 0.29) is 5.41 Å². The summed E-state index contributed by atoms with van der Waals surface area (Å²) < 4.78 is 0. The van der Waals surface area contributed by atoms with Crippen molar-refractivity contribution in [2.75, 3.05) is 0 Å². The zero-order valence-corrected chi connectivity index (χ0v) is 11.2. The molecule has 0 aromatic heterocycles. The molecular formula is C16H21N2. The maximum atomic E-state index is 4.77. The Kier molecular flexibility index (Phi) is 3.11. The summed E-state index contributed by atoms with van der Waals surface area (Å²) in [6.07, 6.45) is 9.26. The second kappa shape index (κ2) is 4.75. The minimum Gasteiger partial charge on any atom is -0.231 e. The van der Waals surface area contributed by atoms with Crippen LogP contribution < -0.4 is 5.32 Å². The van der Waals surface area contributed by atoms with Crippen LogP contribution in [0, 0.1) is 5.41 Å². The summed E-state index contributed by atoms with van der Waals surface area (Å²) >= 11 is 0. The quantitative estimate of drug-likeness (QED) is 0.680. The average Bonchev–Trinajstić information content (AvgIpc) is 2.78. The number of fused-ring (bicyclic) bond motifs is 1.